The molecule has 0 aliphatic carbocycles. The summed E-state index contributed by atoms with van der Waals surface area (Å²) in [5.74, 6) is -0.0454. The highest BCUT2D eigenvalue weighted by Crippen LogP contribution is 2.27. The van der Waals surface area contributed by atoms with Gasteiger partial charge in [-0.15, -0.1) is 0 Å². The number of nitrogens with zero attached hydrogens (tertiary/aromatic N) is 2. The van der Waals surface area contributed by atoms with Crippen LogP contribution in [-0.4, -0.2) is 47.7 Å². The molecule has 30 heavy (non-hydrogen) atoms. The van der Waals surface area contributed by atoms with Crippen LogP contribution in [0.25, 0.3) is 0 Å². The molecule has 0 radical (unpaired) electrons. The van der Waals surface area contributed by atoms with Crippen molar-refractivity contribution >= 4 is 23.6 Å². The Labute approximate surface area is 178 Å². The first kappa shape index (κ1) is 23.5. The molecule has 0 saturated carbocycles. The van der Waals surface area contributed by atoms with Gasteiger partial charge in [-0.3, -0.25) is 19.4 Å². The SMILES string of the molecule is CCc1cnc(C2=NC(C)(C(C)C)C(=O)N2)c(C(=O)NCCCCCC(=O)NC)c1. The van der Waals surface area contributed by atoms with E-state index in [1.807, 2.05) is 26.8 Å². The first-order valence-electron chi connectivity index (χ1n) is 10.6. The maximum Gasteiger partial charge on any atom is 0.253 e. The summed E-state index contributed by atoms with van der Waals surface area (Å²) < 4.78 is 0. The van der Waals surface area contributed by atoms with Crippen LogP contribution in [0, 0.1) is 5.92 Å². The van der Waals surface area contributed by atoms with Crippen molar-refractivity contribution in [3.8, 4) is 0 Å². The standard InChI is InChI=1S/C22H33N5O3/c1-6-15-12-16(20(29)24-11-9-7-8-10-17(28)23-5)18(25-13-15)19-26-21(30)22(4,27-19)14(2)3/h12-14H,6-11H2,1-5H3,(H,23,28)(H,24,29)(H,26,27,30). The van der Waals surface area contributed by atoms with Crippen molar-refractivity contribution in [3.05, 3.63) is 29.1 Å². The van der Waals surface area contributed by atoms with Gasteiger partial charge in [0.1, 0.15) is 11.2 Å². The van der Waals surface area contributed by atoms with E-state index < -0.39 is 5.54 Å². The molecule has 0 fully saturated rings. The monoisotopic (exact) mass is 415 g/mol. The number of carbonyl (C=O) groups is 3. The summed E-state index contributed by atoms with van der Waals surface area (Å²) in [4.78, 5) is 45.6. The zero-order valence-electron chi connectivity index (χ0n) is 18.6. The summed E-state index contributed by atoms with van der Waals surface area (Å²) in [5.41, 5.74) is 0.860. The van der Waals surface area contributed by atoms with E-state index in [0.29, 0.717) is 30.1 Å². The molecule has 0 aromatic carbocycles. The third-order valence-corrected chi connectivity index (χ3v) is 5.63. The lowest BCUT2D eigenvalue weighted by molar-refractivity contribution is -0.124. The molecule has 1 aliphatic rings. The number of aromatic nitrogens is 1. The fraction of sp³-hybridized carbons (Fsp3) is 0.591. The molecule has 0 spiro atoms. The molecule has 0 bridgehead atoms. The van der Waals surface area contributed by atoms with Gasteiger partial charge in [0.25, 0.3) is 11.8 Å². The number of unbranched alkanes of at least 4 members (excludes halogenated alkanes) is 2. The number of amidine groups is 1. The highest BCUT2D eigenvalue weighted by atomic mass is 16.2. The van der Waals surface area contributed by atoms with Crippen LogP contribution in [-0.2, 0) is 16.0 Å². The highest BCUT2D eigenvalue weighted by molar-refractivity contribution is 6.18. The summed E-state index contributed by atoms with van der Waals surface area (Å²) in [6, 6.07) is 1.81. The lowest BCUT2D eigenvalue weighted by Gasteiger charge is -2.21. The van der Waals surface area contributed by atoms with Gasteiger partial charge in [0.05, 0.1) is 5.56 Å². The molecule has 0 saturated heterocycles. The molecule has 2 rings (SSSR count). The highest BCUT2D eigenvalue weighted by Gasteiger charge is 2.43. The number of hydrogen-bond acceptors (Lipinski definition) is 5. The number of aryl methyl sites for hydroxylation is 1. The molecule has 3 N–H and O–H groups in total. The van der Waals surface area contributed by atoms with Gasteiger partial charge in [-0.1, -0.05) is 27.2 Å². The summed E-state index contributed by atoms with van der Waals surface area (Å²) in [6.07, 6.45) is 5.36. The third-order valence-electron chi connectivity index (χ3n) is 5.63. The Morgan fingerprint density at radius 2 is 1.97 bits per heavy atom. The van der Waals surface area contributed by atoms with E-state index >= 15 is 0 Å². The molecule has 1 aromatic rings. The summed E-state index contributed by atoms with van der Waals surface area (Å²) >= 11 is 0. The second-order valence-electron chi connectivity index (χ2n) is 8.05. The Morgan fingerprint density at radius 3 is 2.57 bits per heavy atom. The zero-order valence-corrected chi connectivity index (χ0v) is 18.6. The number of rotatable bonds is 10. The van der Waals surface area contributed by atoms with E-state index in [1.165, 1.54) is 0 Å². The third kappa shape index (κ3) is 5.43. The van der Waals surface area contributed by atoms with Gasteiger partial charge >= 0.3 is 0 Å². The quantitative estimate of drug-likeness (QED) is 0.507. The van der Waals surface area contributed by atoms with E-state index in [1.54, 1.807) is 20.2 Å². The van der Waals surface area contributed by atoms with E-state index in [2.05, 4.69) is 25.9 Å². The van der Waals surface area contributed by atoms with E-state index in [-0.39, 0.29) is 23.6 Å². The van der Waals surface area contributed by atoms with E-state index in [4.69, 9.17) is 0 Å². The molecule has 1 atom stereocenters. The van der Waals surface area contributed by atoms with Gasteiger partial charge in [-0.05, 0) is 43.7 Å². The topological polar surface area (TPSA) is 113 Å². The molecule has 8 nitrogen and oxygen atoms in total. The van der Waals surface area contributed by atoms with Crippen LogP contribution in [0.4, 0.5) is 0 Å². The van der Waals surface area contributed by atoms with Gasteiger partial charge in [-0.25, -0.2) is 4.99 Å². The number of nitrogens with one attached hydrogen (secondary N) is 3. The second kappa shape index (κ2) is 10.3. The van der Waals surface area contributed by atoms with Gasteiger partial charge in [0.2, 0.25) is 5.91 Å². The Kier molecular flexibility index (Phi) is 8.08. The van der Waals surface area contributed by atoms with Crippen molar-refractivity contribution in [3.63, 3.8) is 0 Å². The summed E-state index contributed by atoms with van der Waals surface area (Å²) in [5, 5.41) is 8.33. The van der Waals surface area contributed by atoms with Crippen molar-refractivity contribution in [1.29, 1.82) is 0 Å². The summed E-state index contributed by atoms with van der Waals surface area (Å²) in [6.45, 7) is 8.17. The predicted molar refractivity (Wildman–Crippen MR) is 116 cm³/mol. The van der Waals surface area contributed by atoms with Crippen LogP contribution in [0.15, 0.2) is 17.3 Å². The maximum atomic E-state index is 12.9. The Morgan fingerprint density at radius 1 is 1.23 bits per heavy atom. The molecule has 2 heterocycles. The minimum atomic E-state index is -0.876. The second-order valence-corrected chi connectivity index (χ2v) is 8.05. The molecule has 3 amide bonds. The van der Waals surface area contributed by atoms with E-state index in [9.17, 15) is 14.4 Å². The molecule has 164 valence electrons. The largest absolute Gasteiger partial charge is 0.359 e. The summed E-state index contributed by atoms with van der Waals surface area (Å²) in [7, 11) is 1.62. The van der Waals surface area contributed by atoms with Gasteiger partial charge in [-0.2, -0.15) is 0 Å². The minimum absolute atomic E-state index is 0.0111. The average molecular weight is 416 g/mol. The number of amides is 3. The number of aliphatic imine (C=N–C) groups is 1. The van der Waals surface area contributed by atoms with Crippen LogP contribution in [0.1, 0.15) is 75.0 Å². The van der Waals surface area contributed by atoms with Gasteiger partial charge < -0.3 is 16.0 Å². The molecule has 8 heteroatoms. The molecule has 1 aliphatic heterocycles. The normalized spacial score (nSPS) is 18.2. The van der Waals surface area contributed by atoms with Crippen LogP contribution in [0.3, 0.4) is 0 Å². The molecule has 1 aromatic heterocycles. The number of pyridine rings is 1. The van der Waals surface area contributed by atoms with Crippen molar-refractivity contribution in [1.82, 2.24) is 20.9 Å². The zero-order chi connectivity index (χ0) is 22.3. The van der Waals surface area contributed by atoms with E-state index in [0.717, 1.165) is 31.2 Å². The molecule has 1 unspecified atom stereocenters. The first-order valence-corrected chi connectivity index (χ1v) is 10.6. The number of hydrogen-bond donors (Lipinski definition) is 3. The Balaban J connectivity index is 2.11. The van der Waals surface area contributed by atoms with Crippen molar-refractivity contribution in [2.24, 2.45) is 10.9 Å². The smallest absolute Gasteiger partial charge is 0.253 e. The van der Waals surface area contributed by atoms with Gasteiger partial charge in [0.15, 0.2) is 5.84 Å². The van der Waals surface area contributed by atoms with Crippen LogP contribution >= 0.6 is 0 Å². The van der Waals surface area contributed by atoms with Crippen LogP contribution in [0.5, 0.6) is 0 Å². The Bertz CT molecular complexity index is 834. The van der Waals surface area contributed by atoms with Gasteiger partial charge in [0, 0.05) is 26.2 Å². The number of carbonyl (C=O) groups excluding carboxylic acids is 3. The predicted octanol–water partition coefficient (Wildman–Crippen LogP) is 1.97. The fourth-order valence-corrected chi connectivity index (χ4v) is 3.12. The van der Waals surface area contributed by atoms with Crippen molar-refractivity contribution in [2.45, 2.75) is 65.3 Å². The fourth-order valence-electron chi connectivity index (χ4n) is 3.12. The van der Waals surface area contributed by atoms with Crippen molar-refractivity contribution < 1.29 is 14.4 Å². The van der Waals surface area contributed by atoms with Crippen LogP contribution < -0.4 is 16.0 Å². The molecular weight excluding hydrogens is 382 g/mol. The van der Waals surface area contributed by atoms with Crippen molar-refractivity contribution in [2.75, 3.05) is 13.6 Å². The Hall–Kier alpha value is -2.77. The first-order chi connectivity index (χ1) is 14.2. The average Bonchev–Trinajstić information content (AvgIpc) is 3.05. The lowest BCUT2D eigenvalue weighted by Crippen LogP contribution is -2.41. The minimum Gasteiger partial charge on any atom is -0.359 e. The maximum absolute atomic E-state index is 12.9. The molecular formula is C22H33N5O3. The van der Waals surface area contributed by atoms with Crippen LogP contribution in [0.2, 0.25) is 0 Å². The lowest BCUT2D eigenvalue weighted by atomic mass is 9.89.